The molecule has 26 heavy (non-hydrogen) atoms. The number of para-hydroxylation sites is 1. The summed E-state index contributed by atoms with van der Waals surface area (Å²) >= 11 is 5.97. The average molecular weight is 371 g/mol. The fraction of sp³-hybridized carbons (Fsp3) is 0.333. The Morgan fingerprint density at radius 1 is 0.962 bits per heavy atom. The van der Waals surface area contributed by atoms with E-state index in [1.165, 1.54) is 12.8 Å². The van der Waals surface area contributed by atoms with Gasteiger partial charge in [0.05, 0.1) is 17.7 Å². The molecule has 1 aliphatic rings. The monoisotopic (exact) mass is 370 g/mol. The number of amides is 2. The number of nitrogens with zero attached hydrogens (tertiary/aromatic N) is 1. The second-order valence-corrected chi connectivity index (χ2v) is 7.04. The van der Waals surface area contributed by atoms with E-state index in [4.69, 9.17) is 11.6 Å². The molecule has 3 rings (SSSR count). The molecule has 1 fully saturated rings. The first-order valence-corrected chi connectivity index (χ1v) is 9.44. The Kier molecular flexibility index (Phi) is 6.29. The fourth-order valence-corrected chi connectivity index (χ4v) is 3.46. The molecule has 0 unspecified atom stereocenters. The van der Waals surface area contributed by atoms with Gasteiger partial charge in [0.15, 0.2) is 0 Å². The normalized spacial score (nSPS) is 14.6. The Morgan fingerprint density at radius 2 is 1.69 bits per heavy atom. The largest absolute Gasteiger partial charge is 0.339 e. The summed E-state index contributed by atoms with van der Waals surface area (Å²) in [5.74, 6) is -0.172. The molecule has 1 N–H and O–H groups in total. The molecule has 5 heteroatoms. The fourth-order valence-electron chi connectivity index (χ4n) is 3.25. The van der Waals surface area contributed by atoms with Crippen LogP contribution in [0, 0.1) is 0 Å². The predicted molar refractivity (Wildman–Crippen MR) is 105 cm³/mol. The maximum atomic E-state index is 12.9. The van der Waals surface area contributed by atoms with Gasteiger partial charge in [0, 0.05) is 18.1 Å². The van der Waals surface area contributed by atoms with E-state index in [2.05, 4.69) is 5.32 Å². The number of benzene rings is 2. The molecular formula is C21H23ClN2O2. The molecule has 1 saturated heterocycles. The minimum absolute atomic E-state index is 0.00874. The summed E-state index contributed by atoms with van der Waals surface area (Å²) in [4.78, 5) is 27.2. The Morgan fingerprint density at radius 3 is 2.42 bits per heavy atom. The summed E-state index contributed by atoms with van der Waals surface area (Å²) in [6.45, 7) is 1.56. The maximum absolute atomic E-state index is 12.9. The second kappa shape index (κ2) is 8.86. The van der Waals surface area contributed by atoms with E-state index < -0.39 is 0 Å². The lowest BCUT2D eigenvalue weighted by Gasteiger charge is -2.22. The highest BCUT2D eigenvalue weighted by Gasteiger charge is 2.20. The van der Waals surface area contributed by atoms with Crippen LogP contribution in [0.5, 0.6) is 0 Å². The summed E-state index contributed by atoms with van der Waals surface area (Å²) in [6.07, 6.45) is 4.63. The van der Waals surface area contributed by atoms with E-state index in [-0.39, 0.29) is 18.2 Å². The van der Waals surface area contributed by atoms with Crippen LogP contribution in [0.4, 0.5) is 5.69 Å². The van der Waals surface area contributed by atoms with Crippen LogP contribution in [0.1, 0.15) is 41.6 Å². The van der Waals surface area contributed by atoms with Crippen LogP contribution in [0.25, 0.3) is 0 Å². The van der Waals surface area contributed by atoms with Crippen LogP contribution in [0.15, 0.2) is 48.5 Å². The molecular weight excluding hydrogens is 348 g/mol. The average Bonchev–Trinajstić information content (AvgIpc) is 2.91. The highest BCUT2D eigenvalue weighted by molar-refractivity contribution is 6.30. The Hall–Kier alpha value is -2.33. The summed E-state index contributed by atoms with van der Waals surface area (Å²) in [7, 11) is 0. The Labute approximate surface area is 159 Å². The van der Waals surface area contributed by atoms with Crippen molar-refractivity contribution < 1.29 is 9.59 Å². The molecule has 2 aromatic rings. The molecule has 0 radical (unpaired) electrons. The summed E-state index contributed by atoms with van der Waals surface area (Å²) in [5.41, 5.74) is 1.95. The topological polar surface area (TPSA) is 49.4 Å². The van der Waals surface area contributed by atoms with Crippen molar-refractivity contribution in [3.05, 3.63) is 64.7 Å². The van der Waals surface area contributed by atoms with Crippen LogP contribution in [-0.2, 0) is 11.2 Å². The van der Waals surface area contributed by atoms with Gasteiger partial charge in [-0.15, -0.1) is 0 Å². The number of hydrogen-bond acceptors (Lipinski definition) is 2. The van der Waals surface area contributed by atoms with E-state index in [1.54, 1.807) is 24.3 Å². The van der Waals surface area contributed by atoms with Gasteiger partial charge in [0.25, 0.3) is 5.91 Å². The van der Waals surface area contributed by atoms with Crippen LogP contribution < -0.4 is 5.32 Å². The van der Waals surface area contributed by atoms with Gasteiger partial charge < -0.3 is 10.2 Å². The lowest BCUT2D eigenvalue weighted by Crippen LogP contribution is -2.32. The molecule has 2 aromatic carbocycles. The standard InChI is InChI=1S/C21H23ClN2O2/c22-17-9-7-8-16(14-17)15-20(25)23-19-11-4-3-10-18(19)21(26)24-12-5-1-2-6-13-24/h3-4,7-11,14H,1-2,5-6,12-13,15H2,(H,23,25). The van der Waals surface area contributed by atoms with Crippen molar-refractivity contribution in [2.24, 2.45) is 0 Å². The first-order chi connectivity index (χ1) is 12.6. The van der Waals surface area contributed by atoms with Crippen LogP contribution in [0.3, 0.4) is 0 Å². The number of nitrogens with one attached hydrogen (secondary N) is 1. The van der Waals surface area contributed by atoms with Gasteiger partial charge in [0.1, 0.15) is 0 Å². The molecule has 0 atom stereocenters. The van der Waals surface area contributed by atoms with Gasteiger partial charge in [0.2, 0.25) is 5.91 Å². The molecule has 136 valence electrons. The quantitative estimate of drug-likeness (QED) is 0.859. The molecule has 1 aliphatic heterocycles. The van der Waals surface area contributed by atoms with E-state index in [1.807, 2.05) is 29.2 Å². The van der Waals surface area contributed by atoms with Gasteiger partial charge in [-0.2, -0.15) is 0 Å². The molecule has 0 spiro atoms. The van der Waals surface area contributed by atoms with Crippen molar-refractivity contribution in [3.8, 4) is 0 Å². The van der Waals surface area contributed by atoms with Crippen molar-refractivity contribution in [1.82, 2.24) is 4.90 Å². The van der Waals surface area contributed by atoms with Gasteiger partial charge >= 0.3 is 0 Å². The second-order valence-electron chi connectivity index (χ2n) is 6.61. The Bertz CT molecular complexity index is 783. The number of carbonyl (C=O) groups excluding carboxylic acids is 2. The summed E-state index contributed by atoms with van der Waals surface area (Å²) < 4.78 is 0. The smallest absolute Gasteiger partial charge is 0.255 e. The lowest BCUT2D eigenvalue weighted by molar-refractivity contribution is -0.115. The van der Waals surface area contributed by atoms with Crippen molar-refractivity contribution in [1.29, 1.82) is 0 Å². The van der Waals surface area contributed by atoms with E-state index in [9.17, 15) is 9.59 Å². The number of anilines is 1. The van der Waals surface area contributed by atoms with Crippen LogP contribution >= 0.6 is 11.6 Å². The first-order valence-electron chi connectivity index (χ1n) is 9.06. The van der Waals surface area contributed by atoms with E-state index in [0.717, 1.165) is 31.5 Å². The summed E-state index contributed by atoms with van der Waals surface area (Å²) in [6, 6.07) is 14.4. The third-order valence-corrected chi connectivity index (χ3v) is 4.81. The highest BCUT2D eigenvalue weighted by Crippen LogP contribution is 2.20. The molecule has 4 nitrogen and oxygen atoms in total. The highest BCUT2D eigenvalue weighted by atomic mass is 35.5. The van der Waals surface area contributed by atoms with E-state index in [0.29, 0.717) is 16.3 Å². The third-order valence-electron chi connectivity index (χ3n) is 4.58. The third kappa shape index (κ3) is 4.85. The number of hydrogen-bond donors (Lipinski definition) is 1. The van der Waals surface area contributed by atoms with Gasteiger partial charge in [-0.25, -0.2) is 0 Å². The summed E-state index contributed by atoms with van der Waals surface area (Å²) in [5, 5.41) is 3.49. The van der Waals surface area contributed by atoms with Crippen molar-refractivity contribution in [3.63, 3.8) is 0 Å². The Balaban J connectivity index is 1.72. The van der Waals surface area contributed by atoms with Gasteiger partial charge in [-0.3, -0.25) is 9.59 Å². The molecule has 0 aromatic heterocycles. The molecule has 1 heterocycles. The number of likely N-dealkylation sites (tertiary alicyclic amines) is 1. The lowest BCUT2D eigenvalue weighted by atomic mass is 10.1. The van der Waals surface area contributed by atoms with E-state index >= 15 is 0 Å². The zero-order chi connectivity index (χ0) is 18.4. The maximum Gasteiger partial charge on any atom is 0.255 e. The zero-order valence-corrected chi connectivity index (χ0v) is 15.5. The molecule has 0 aliphatic carbocycles. The number of rotatable bonds is 4. The van der Waals surface area contributed by atoms with Gasteiger partial charge in [-0.05, 0) is 42.7 Å². The van der Waals surface area contributed by atoms with Crippen molar-refractivity contribution in [2.45, 2.75) is 32.1 Å². The molecule has 0 bridgehead atoms. The zero-order valence-electron chi connectivity index (χ0n) is 14.7. The molecule has 0 saturated carbocycles. The first kappa shape index (κ1) is 18.5. The SMILES string of the molecule is O=C(Cc1cccc(Cl)c1)Nc1ccccc1C(=O)N1CCCCCC1. The van der Waals surface area contributed by atoms with Crippen molar-refractivity contribution in [2.75, 3.05) is 18.4 Å². The van der Waals surface area contributed by atoms with Gasteiger partial charge in [-0.1, -0.05) is 48.7 Å². The van der Waals surface area contributed by atoms with Crippen LogP contribution in [0.2, 0.25) is 5.02 Å². The molecule has 2 amide bonds. The number of carbonyl (C=O) groups is 2. The predicted octanol–water partition coefficient (Wildman–Crippen LogP) is 4.54. The van der Waals surface area contributed by atoms with Crippen LogP contribution in [-0.4, -0.2) is 29.8 Å². The number of halogens is 1. The minimum atomic E-state index is -0.164. The minimum Gasteiger partial charge on any atom is -0.339 e. The van der Waals surface area contributed by atoms with Crippen molar-refractivity contribution >= 4 is 29.1 Å².